The van der Waals surface area contributed by atoms with Crippen molar-refractivity contribution < 1.29 is 4.74 Å². The first-order valence-electron chi connectivity index (χ1n) is 6.82. The molecule has 4 nitrogen and oxygen atoms in total. The second-order valence-corrected chi connectivity index (χ2v) is 5.32. The fourth-order valence-electron chi connectivity index (χ4n) is 2.69. The van der Waals surface area contributed by atoms with Gasteiger partial charge >= 0.3 is 0 Å². The van der Waals surface area contributed by atoms with E-state index < -0.39 is 0 Å². The third kappa shape index (κ3) is 4.21. The number of hydrogen-bond donors (Lipinski definition) is 1. The van der Waals surface area contributed by atoms with Crippen molar-refractivity contribution in [3.8, 4) is 0 Å². The maximum Gasteiger partial charge on any atom is 0.0662 e. The summed E-state index contributed by atoms with van der Waals surface area (Å²) in [6, 6.07) is 0. The van der Waals surface area contributed by atoms with Gasteiger partial charge in [-0.1, -0.05) is 6.92 Å². The van der Waals surface area contributed by atoms with Crippen molar-refractivity contribution in [2.24, 2.45) is 5.73 Å². The highest BCUT2D eigenvalue weighted by atomic mass is 16.5. The molecule has 1 rings (SSSR count). The van der Waals surface area contributed by atoms with Gasteiger partial charge in [0.1, 0.15) is 0 Å². The lowest BCUT2D eigenvalue weighted by atomic mass is 9.90. The molecule has 0 aromatic heterocycles. The predicted octanol–water partition coefficient (Wildman–Crippen LogP) is 0.768. The number of nitrogens with zero attached hydrogens (tertiary/aromatic N) is 2. The SMILES string of the molecule is CCN(CCCN(C)C)C1(CN)CCCOC1. The second kappa shape index (κ2) is 7.31. The van der Waals surface area contributed by atoms with Crippen LogP contribution in [0.5, 0.6) is 0 Å². The smallest absolute Gasteiger partial charge is 0.0662 e. The molecule has 1 atom stereocenters. The zero-order valence-corrected chi connectivity index (χ0v) is 11.7. The van der Waals surface area contributed by atoms with E-state index in [1.807, 2.05) is 0 Å². The number of rotatable bonds is 7. The Balaban J connectivity index is 2.50. The zero-order valence-electron chi connectivity index (χ0n) is 11.7. The molecule has 4 heteroatoms. The standard InChI is InChI=1S/C13H29N3O/c1-4-16(9-6-8-15(2)3)13(11-14)7-5-10-17-12-13/h4-12,14H2,1-3H3. The van der Waals surface area contributed by atoms with Crippen molar-refractivity contribution in [2.45, 2.75) is 31.7 Å². The fourth-order valence-corrected chi connectivity index (χ4v) is 2.69. The first-order valence-corrected chi connectivity index (χ1v) is 6.82. The fraction of sp³-hybridized carbons (Fsp3) is 1.00. The van der Waals surface area contributed by atoms with Gasteiger partial charge in [-0.05, 0) is 46.4 Å². The van der Waals surface area contributed by atoms with Crippen LogP contribution in [0, 0.1) is 0 Å². The molecule has 1 aliphatic rings. The number of hydrogen-bond acceptors (Lipinski definition) is 4. The molecule has 1 saturated heterocycles. The molecule has 17 heavy (non-hydrogen) atoms. The normalized spacial score (nSPS) is 25.8. The Kier molecular flexibility index (Phi) is 6.41. The zero-order chi connectivity index (χ0) is 12.7. The first kappa shape index (κ1) is 14.9. The molecule has 0 aromatic rings. The molecule has 102 valence electrons. The van der Waals surface area contributed by atoms with E-state index in [1.165, 1.54) is 12.8 Å². The lowest BCUT2D eigenvalue weighted by molar-refractivity contribution is -0.0438. The van der Waals surface area contributed by atoms with Crippen LogP contribution in [-0.2, 0) is 4.74 Å². The lowest BCUT2D eigenvalue weighted by Crippen LogP contribution is -2.59. The van der Waals surface area contributed by atoms with Crippen LogP contribution in [0.2, 0.25) is 0 Å². The van der Waals surface area contributed by atoms with Crippen LogP contribution in [0.25, 0.3) is 0 Å². The minimum atomic E-state index is 0.0965. The van der Waals surface area contributed by atoms with Crippen molar-refractivity contribution in [1.82, 2.24) is 9.80 Å². The second-order valence-electron chi connectivity index (χ2n) is 5.32. The molecule has 0 amide bonds. The Morgan fingerprint density at radius 3 is 2.53 bits per heavy atom. The van der Waals surface area contributed by atoms with Gasteiger partial charge in [-0.25, -0.2) is 0 Å². The molecule has 0 aliphatic carbocycles. The van der Waals surface area contributed by atoms with Crippen molar-refractivity contribution in [1.29, 1.82) is 0 Å². The monoisotopic (exact) mass is 243 g/mol. The van der Waals surface area contributed by atoms with Crippen LogP contribution in [0.1, 0.15) is 26.2 Å². The predicted molar refractivity (Wildman–Crippen MR) is 72.3 cm³/mol. The Morgan fingerprint density at radius 2 is 2.06 bits per heavy atom. The van der Waals surface area contributed by atoms with Crippen LogP contribution in [0.15, 0.2) is 0 Å². The van der Waals surface area contributed by atoms with Gasteiger partial charge in [0, 0.05) is 19.7 Å². The maximum absolute atomic E-state index is 6.01. The van der Waals surface area contributed by atoms with Crippen LogP contribution in [-0.4, -0.2) is 68.8 Å². The molecule has 2 N–H and O–H groups in total. The molecule has 0 aromatic carbocycles. The van der Waals surface area contributed by atoms with E-state index in [2.05, 4.69) is 30.8 Å². The van der Waals surface area contributed by atoms with Crippen molar-refractivity contribution in [3.63, 3.8) is 0 Å². The molecule has 0 radical (unpaired) electrons. The topological polar surface area (TPSA) is 41.7 Å². The number of nitrogens with two attached hydrogens (primary N) is 1. The van der Waals surface area contributed by atoms with E-state index in [1.54, 1.807) is 0 Å². The molecule has 1 heterocycles. The summed E-state index contributed by atoms with van der Waals surface area (Å²) in [7, 11) is 4.25. The summed E-state index contributed by atoms with van der Waals surface area (Å²) in [4.78, 5) is 4.76. The van der Waals surface area contributed by atoms with Crippen LogP contribution >= 0.6 is 0 Å². The maximum atomic E-state index is 6.01. The highest BCUT2D eigenvalue weighted by molar-refractivity contribution is 4.93. The third-order valence-corrected chi connectivity index (χ3v) is 3.77. The van der Waals surface area contributed by atoms with E-state index >= 15 is 0 Å². The van der Waals surface area contributed by atoms with Gasteiger partial charge in [0.05, 0.1) is 12.1 Å². The summed E-state index contributed by atoms with van der Waals surface area (Å²) in [6.45, 7) is 7.96. The highest BCUT2D eigenvalue weighted by Crippen LogP contribution is 2.25. The largest absolute Gasteiger partial charge is 0.379 e. The van der Waals surface area contributed by atoms with Crippen LogP contribution < -0.4 is 5.73 Å². The van der Waals surface area contributed by atoms with Gasteiger partial charge in [0.2, 0.25) is 0 Å². The molecule has 0 bridgehead atoms. The van der Waals surface area contributed by atoms with E-state index in [-0.39, 0.29) is 5.54 Å². The molecule has 1 unspecified atom stereocenters. The molecule has 0 spiro atoms. The minimum Gasteiger partial charge on any atom is -0.379 e. The summed E-state index contributed by atoms with van der Waals surface area (Å²) in [6.07, 6.45) is 3.52. The molecule has 0 saturated carbocycles. The summed E-state index contributed by atoms with van der Waals surface area (Å²) in [5, 5.41) is 0. The third-order valence-electron chi connectivity index (χ3n) is 3.77. The Bertz CT molecular complexity index is 203. The first-order chi connectivity index (χ1) is 8.14. The number of likely N-dealkylation sites (N-methyl/N-ethyl adjacent to an activating group) is 1. The average Bonchev–Trinajstić information content (AvgIpc) is 2.35. The molecular formula is C13H29N3O. The van der Waals surface area contributed by atoms with Crippen LogP contribution in [0.3, 0.4) is 0 Å². The summed E-state index contributed by atoms with van der Waals surface area (Å²) in [5.74, 6) is 0. The quantitative estimate of drug-likeness (QED) is 0.717. The van der Waals surface area contributed by atoms with E-state index in [0.717, 1.165) is 39.3 Å². The Morgan fingerprint density at radius 1 is 1.29 bits per heavy atom. The molecular weight excluding hydrogens is 214 g/mol. The minimum absolute atomic E-state index is 0.0965. The summed E-state index contributed by atoms with van der Waals surface area (Å²) < 4.78 is 5.65. The van der Waals surface area contributed by atoms with Gasteiger partial charge in [0.15, 0.2) is 0 Å². The van der Waals surface area contributed by atoms with Crippen molar-refractivity contribution in [3.05, 3.63) is 0 Å². The van der Waals surface area contributed by atoms with Crippen LogP contribution in [0.4, 0.5) is 0 Å². The molecule has 1 fully saturated rings. The van der Waals surface area contributed by atoms with Gasteiger partial charge < -0.3 is 15.4 Å². The van der Waals surface area contributed by atoms with E-state index in [9.17, 15) is 0 Å². The van der Waals surface area contributed by atoms with Crippen molar-refractivity contribution >= 4 is 0 Å². The molecule has 1 aliphatic heterocycles. The van der Waals surface area contributed by atoms with Gasteiger partial charge in [0.25, 0.3) is 0 Å². The Labute approximate surface area is 106 Å². The van der Waals surface area contributed by atoms with Gasteiger partial charge in [-0.2, -0.15) is 0 Å². The number of ether oxygens (including phenoxy) is 1. The summed E-state index contributed by atoms with van der Waals surface area (Å²) in [5.41, 5.74) is 6.11. The lowest BCUT2D eigenvalue weighted by Gasteiger charge is -2.45. The van der Waals surface area contributed by atoms with Gasteiger partial charge in [-0.3, -0.25) is 4.90 Å². The van der Waals surface area contributed by atoms with Gasteiger partial charge in [-0.15, -0.1) is 0 Å². The van der Waals surface area contributed by atoms with Crippen molar-refractivity contribution in [2.75, 3.05) is 53.5 Å². The Hall–Kier alpha value is -0.160. The summed E-state index contributed by atoms with van der Waals surface area (Å²) >= 11 is 0. The highest BCUT2D eigenvalue weighted by Gasteiger charge is 2.36. The van der Waals surface area contributed by atoms with E-state index in [0.29, 0.717) is 6.54 Å². The average molecular weight is 243 g/mol. The van der Waals surface area contributed by atoms with E-state index in [4.69, 9.17) is 10.5 Å².